The summed E-state index contributed by atoms with van der Waals surface area (Å²) in [6, 6.07) is 6.26. The first kappa shape index (κ1) is 13.9. The molecule has 1 aliphatic carbocycles. The van der Waals surface area contributed by atoms with Crippen molar-refractivity contribution in [3.8, 4) is 5.75 Å². The maximum atomic E-state index is 12.0. The van der Waals surface area contributed by atoms with Crippen molar-refractivity contribution in [1.29, 1.82) is 0 Å². The molecule has 0 bridgehead atoms. The quantitative estimate of drug-likeness (QED) is 0.853. The lowest BCUT2D eigenvalue weighted by molar-refractivity contribution is -0.274. The third-order valence-electron chi connectivity index (χ3n) is 3.13. The van der Waals surface area contributed by atoms with Crippen molar-refractivity contribution in [2.45, 2.75) is 38.1 Å². The van der Waals surface area contributed by atoms with Crippen molar-refractivity contribution < 1.29 is 17.9 Å². The van der Waals surface area contributed by atoms with Crippen LogP contribution in [-0.4, -0.2) is 12.4 Å². The Morgan fingerprint density at radius 1 is 1.21 bits per heavy atom. The van der Waals surface area contributed by atoms with Gasteiger partial charge < -0.3 is 10.5 Å². The fourth-order valence-electron chi connectivity index (χ4n) is 2.14. The minimum Gasteiger partial charge on any atom is -0.406 e. The molecule has 0 fully saturated rings. The highest BCUT2D eigenvalue weighted by molar-refractivity contribution is 5.30. The van der Waals surface area contributed by atoms with Crippen molar-refractivity contribution >= 4 is 0 Å². The van der Waals surface area contributed by atoms with E-state index in [-0.39, 0.29) is 11.8 Å². The van der Waals surface area contributed by atoms with Crippen molar-refractivity contribution in [2.24, 2.45) is 5.73 Å². The molecule has 0 aromatic heterocycles. The number of hydrogen-bond donors (Lipinski definition) is 1. The number of allylic oxidation sites excluding steroid dienone is 1. The molecule has 0 amide bonds. The van der Waals surface area contributed by atoms with Gasteiger partial charge >= 0.3 is 6.36 Å². The zero-order valence-corrected chi connectivity index (χ0v) is 10.4. The lowest BCUT2D eigenvalue weighted by atomic mass is 9.92. The number of nitrogens with two attached hydrogens (primary N) is 1. The summed E-state index contributed by atoms with van der Waals surface area (Å²) in [6.07, 6.45) is 1.07. The summed E-state index contributed by atoms with van der Waals surface area (Å²) in [5.74, 6) is -0.184. The molecular weight excluding hydrogens is 255 g/mol. The van der Waals surface area contributed by atoms with E-state index in [1.165, 1.54) is 17.7 Å². The first-order valence-electron chi connectivity index (χ1n) is 6.20. The lowest BCUT2D eigenvalue weighted by Crippen LogP contribution is -2.22. The van der Waals surface area contributed by atoms with Gasteiger partial charge in [0.05, 0.1) is 0 Å². The molecule has 2 rings (SSSR count). The Hall–Kier alpha value is -1.49. The highest BCUT2D eigenvalue weighted by Gasteiger charge is 2.30. The Morgan fingerprint density at radius 2 is 1.89 bits per heavy atom. The highest BCUT2D eigenvalue weighted by Crippen LogP contribution is 2.25. The van der Waals surface area contributed by atoms with Gasteiger partial charge in [-0.2, -0.15) is 0 Å². The monoisotopic (exact) mass is 271 g/mol. The number of halogens is 3. The smallest absolute Gasteiger partial charge is 0.406 e. The van der Waals surface area contributed by atoms with Gasteiger partial charge in [0.2, 0.25) is 0 Å². The number of hydrogen-bond acceptors (Lipinski definition) is 2. The summed E-state index contributed by atoms with van der Waals surface area (Å²) in [4.78, 5) is 0. The Kier molecular flexibility index (Phi) is 4.14. The maximum Gasteiger partial charge on any atom is 0.573 e. The third-order valence-corrected chi connectivity index (χ3v) is 3.13. The second-order valence-electron chi connectivity index (χ2n) is 4.77. The van der Waals surface area contributed by atoms with Gasteiger partial charge in [-0.3, -0.25) is 0 Å². The SMILES string of the molecule is NC1CC=C(Cc2ccc(OC(F)(F)F)cc2)CC1. The topological polar surface area (TPSA) is 35.2 Å². The zero-order chi connectivity index (χ0) is 13.9. The van der Waals surface area contributed by atoms with Crippen molar-refractivity contribution in [3.05, 3.63) is 41.5 Å². The van der Waals surface area contributed by atoms with Crippen molar-refractivity contribution in [3.63, 3.8) is 0 Å². The molecule has 2 N–H and O–H groups in total. The van der Waals surface area contributed by atoms with Crippen LogP contribution in [0.1, 0.15) is 24.8 Å². The fourth-order valence-corrected chi connectivity index (χ4v) is 2.14. The van der Waals surface area contributed by atoms with Crippen LogP contribution in [0.3, 0.4) is 0 Å². The number of rotatable bonds is 3. The van der Waals surface area contributed by atoms with E-state index in [9.17, 15) is 13.2 Å². The molecule has 0 saturated carbocycles. The largest absolute Gasteiger partial charge is 0.573 e. The van der Waals surface area contributed by atoms with E-state index in [1.807, 2.05) is 0 Å². The normalized spacial score (nSPS) is 20.0. The second kappa shape index (κ2) is 5.65. The van der Waals surface area contributed by atoms with E-state index in [2.05, 4.69) is 10.8 Å². The Balaban J connectivity index is 1.95. The molecule has 5 heteroatoms. The van der Waals surface area contributed by atoms with Crippen LogP contribution in [0.4, 0.5) is 13.2 Å². The Bertz CT molecular complexity index is 451. The van der Waals surface area contributed by atoms with Gasteiger partial charge in [-0.25, -0.2) is 0 Å². The molecule has 1 aliphatic rings. The summed E-state index contributed by atoms with van der Waals surface area (Å²) in [7, 11) is 0. The first-order chi connectivity index (χ1) is 8.92. The Labute approximate surface area is 110 Å². The predicted octanol–water partition coefficient (Wildman–Crippen LogP) is 3.57. The minimum absolute atomic E-state index is 0.184. The average molecular weight is 271 g/mol. The van der Waals surface area contributed by atoms with Crippen LogP contribution in [0.15, 0.2) is 35.9 Å². The lowest BCUT2D eigenvalue weighted by Gasteiger charge is -2.18. The van der Waals surface area contributed by atoms with Gasteiger partial charge in [-0.05, 0) is 43.4 Å². The van der Waals surface area contributed by atoms with Crippen molar-refractivity contribution in [2.75, 3.05) is 0 Å². The number of alkyl halides is 3. The predicted molar refractivity (Wildman–Crippen MR) is 66.7 cm³/mol. The Morgan fingerprint density at radius 3 is 2.42 bits per heavy atom. The van der Waals surface area contributed by atoms with E-state index >= 15 is 0 Å². The van der Waals surface area contributed by atoms with Crippen molar-refractivity contribution in [1.82, 2.24) is 0 Å². The second-order valence-corrected chi connectivity index (χ2v) is 4.77. The van der Waals surface area contributed by atoms with Gasteiger partial charge in [-0.15, -0.1) is 13.2 Å². The van der Waals surface area contributed by atoms with Gasteiger partial charge in [0.1, 0.15) is 5.75 Å². The van der Waals surface area contributed by atoms with E-state index in [0.29, 0.717) is 0 Å². The van der Waals surface area contributed by atoms with Gasteiger partial charge in [0, 0.05) is 6.04 Å². The van der Waals surface area contributed by atoms with E-state index in [4.69, 9.17) is 5.73 Å². The molecule has 0 heterocycles. The molecule has 1 aromatic carbocycles. The maximum absolute atomic E-state index is 12.0. The van der Waals surface area contributed by atoms with Crippen LogP contribution in [0, 0.1) is 0 Å². The van der Waals surface area contributed by atoms with Gasteiger partial charge in [0.15, 0.2) is 0 Å². The summed E-state index contributed by atoms with van der Waals surface area (Å²) < 4.78 is 39.9. The molecule has 1 unspecified atom stereocenters. The first-order valence-corrected chi connectivity index (χ1v) is 6.20. The highest BCUT2D eigenvalue weighted by atomic mass is 19.4. The zero-order valence-electron chi connectivity index (χ0n) is 10.4. The molecule has 0 saturated heterocycles. The number of ether oxygens (including phenoxy) is 1. The summed E-state index contributed by atoms with van der Waals surface area (Å²) in [6.45, 7) is 0. The summed E-state index contributed by atoms with van der Waals surface area (Å²) >= 11 is 0. The molecule has 19 heavy (non-hydrogen) atoms. The summed E-state index contributed by atoms with van der Waals surface area (Å²) in [5, 5.41) is 0. The summed E-state index contributed by atoms with van der Waals surface area (Å²) in [5.41, 5.74) is 8.08. The molecule has 0 aliphatic heterocycles. The van der Waals surface area contributed by atoms with Crippen LogP contribution in [0.5, 0.6) is 5.75 Å². The third kappa shape index (κ3) is 4.59. The molecular formula is C14H16F3NO. The number of benzene rings is 1. The average Bonchev–Trinajstić information content (AvgIpc) is 2.33. The molecule has 1 aromatic rings. The minimum atomic E-state index is -4.64. The van der Waals surface area contributed by atoms with E-state index < -0.39 is 6.36 Å². The van der Waals surface area contributed by atoms with Gasteiger partial charge in [-0.1, -0.05) is 23.8 Å². The van der Waals surface area contributed by atoms with E-state index in [0.717, 1.165) is 31.2 Å². The van der Waals surface area contributed by atoms with Crippen LogP contribution in [0.25, 0.3) is 0 Å². The van der Waals surface area contributed by atoms with E-state index in [1.54, 1.807) is 12.1 Å². The van der Waals surface area contributed by atoms with Gasteiger partial charge in [0.25, 0.3) is 0 Å². The molecule has 0 spiro atoms. The van der Waals surface area contributed by atoms with Crippen LogP contribution in [0.2, 0.25) is 0 Å². The standard InChI is InChI=1S/C14H16F3NO/c15-14(16,17)19-13-7-3-11(4-8-13)9-10-1-5-12(18)6-2-10/h1,3-4,7-8,12H,2,5-6,9,18H2. The van der Waals surface area contributed by atoms with Crippen LogP contribution >= 0.6 is 0 Å². The molecule has 2 nitrogen and oxygen atoms in total. The molecule has 0 radical (unpaired) electrons. The van der Waals surface area contributed by atoms with Crippen LogP contribution < -0.4 is 10.5 Å². The molecule has 1 atom stereocenters. The fraction of sp³-hybridized carbons (Fsp3) is 0.429. The van der Waals surface area contributed by atoms with Crippen LogP contribution in [-0.2, 0) is 6.42 Å². The molecule has 104 valence electrons.